The second-order valence-electron chi connectivity index (χ2n) is 5.97. The summed E-state index contributed by atoms with van der Waals surface area (Å²) in [6.07, 6.45) is 6.39. The highest BCUT2D eigenvalue weighted by Crippen LogP contribution is 2.28. The predicted molar refractivity (Wildman–Crippen MR) is 79.6 cm³/mol. The molecule has 1 aromatic rings. The number of nitrogens with zero attached hydrogens (tertiary/aromatic N) is 2. The van der Waals surface area contributed by atoms with Crippen LogP contribution in [0.15, 0.2) is 12.3 Å². The number of rotatable bonds is 4. The van der Waals surface area contributed by atoms with Crippen molar-refractivity contribution in [1.29, 1.82) is 0 Å². The smallest absolute Gasteiger partial charge is 0.268 e. The van der Waals surface area contributed by atoms with Gasteiger partial charge in [-0.1, -0.05) is 6.92 Å². The molecule has 5 heteroatoms. The number of aryl methyl sites for hydroxylation is 1. The van der Waals surface area contributed by atoms with Crippen molar-refractivity contribution in [2.75, 3.05) is 18.8 Å². The summed E-state index contributed by atoms with van der Waals surface area (Å²) in [6, 6.07) is 2.63. The first-order valence-corrected chi connectivity index (χ1v) is 7.69. The van der Waals surface area contributed by atoms with Gasteiger partial charge < -0.3 is 15.6 Å². The molecule has 2 aliphatic rings. The lowest BCUT2D eigenvalue weighted by atomic mass is 10.1. The number of carbonyl (C=O) groups is 1. The van der Waals surface area contributed by atoms with Gasteiger partial charge >= 0.3 is 0 Å². The number of carbonyl (C=O) groups excluding carboxylic acids is 1. The Morgan fingerprint density at radius 3 is 3.10 bits per heavy atom. The Kier molecular flexibility index (Phi) is 3.70. The summed E-state index contributed by atoms with van der Waals surface area (Å²) < 4.78 is 1.96. The summed E-state index contributed by atoms with van der Waals surface area (Å²) in [6.45, 7) is 5.25. The molecule has 0 bridgehead atoms. The van der Waals surface area contributed by atoms with E-state index >= 15 is 0 Å². The van der Waals surface area contributed by atoms with Crippen LogP contribution in [0.3, 0.4) is 0 Å². The Morgan fingerprint density at radius 1 is 1.45 bits per heavy atom. The van der Waals surface area contributed by atoms with E-state index in [1.807, 2.05) is 10.8 Å². The molecule has 20 heavy (non-hydrogen) atoms. The number of nitrogens with one attached hydrogen (secondary N) is 1. The second-order valence-corrected chi connectivity index (χ2v) is 5.97. The molecule has 0 aliphatic carbocycles. The average molecular weight is 276 g/mol. The van der Waals surface area contributed by atoms with Crippen LogP contribution in [0, 0.1) is 0 Å². The number of hydrogen-bond donors (Lipinski definition) is 2. The van der Waals surface area contributed by atoms with E-state index in [0.717, 1.165) is 25.9 Å². The van der Waals surface area contributed by atoms with E-state index in [1.165, 1.54) is 19.4 Å². The zero-order valence-electron chi connectivity index (χ0n) is 12.1. The molecule has 2 unspecified atom stereocenters. The third-order valence-electron chi connectivity index (χ3n) is 4.54. The quantitative estimate of drug-likeness (QED) is 0.875. The van der Waals surface area contributed by atoms with E-state index < -0.39 is 0 Å². The standard InChI is InChI=1S/C15H24N4O/c1-2-6-19-10-11(16)9-14(19)15(20)17-12-5-8-18-7-3-4-13(12)18/h9-10,12-13H,2-8,16H2,1H3,(H,17,20). The summed E-state index contributed by atoms with van der Waals surface area (Å²) in [4.78, 5) is 15.0. The molecule has 2 aliphatic heterocycles. The molecule has 5 nitrogen and oxygen atoms in total. The van der Waals surface area contributed by atoms with Crippen molar-refractivity contribution in [3.63, 3.8) is 0 Å². The van der Waals surface area contributed by atoms with Gasteiger partial charge in [-0.3, -0.25) is 9.69 Å². The van der Waals surface area contributed by atoms with E-state index in [-0.39, 0.29) is 5.91 Å². The van der Waals surface area contributed by atoms with Crippen molar-refractivity contribution in [2.24, 2.45) is 0 Å². The molecule has 2 fully saturated rings. The van der Waals surface area contributed by atoms with Crippen LogP contribution in [-0.2, 0) is 6.54 Å². The summed E-state index contributed by atoms with van der Waals surface area (Å²) in [7, 11) is 0. The molecule has 0 spiro atoms. The lowest BCUT2D eigenvalue weighted by Gasteiger charge is -2.21. The van der Waals surface area contributed by atoms with Crippen LogP contribution in [0.4, 0.5) is 5.69 Å². The van der Waals surface area contributed by atoms with Crippen LogP contribution in [-0.4, -0.2) is 40.5 Å². The Bertz CT molecular complexity index is 496. The van der Waals surface area contributed by atoms with Gasteiger partial charge in [0.15, 0.2) is 0 Å². The molecular formula is C15H24N4O. The minimum absolute atomic E-state index is 0.0221. The van der Waals surface area contributed by atoms with Crippen LogP contribution in [0.2, 0.25) is 0 Å². The van der Waals surface area contributed by atoms with Crippen molar-refractivity contribution in [2.45, 2.75) is 51.2 Å². The van der Waals surface area contributed by atoms with E-state index in [1.54, 1.807) is 6.07 Å². The van der Waals surface area contributed by atoms with Gasteiger partial charge in [-0.05, 0) is 38.3 Å². The Hall–Kier alpha value is -1.49. The topological polar surface area (TPSA) is 63.3 Å². The first-order valence-electron chi connectivity index (χ1n) is 7.69. The third-order valence-corrected chi connectivity index (χ3v) is 4.54. The lowest BCUT2D eigenvalue weighted by Crippen LogP contribution is -2.42. The molecule has 3 rings (SSSR count). The molecule has 0 aromatic carbocycles. The second kappa shape index (κ2) is 5.48. The van der Waals surface area contributed by atoms with Gasteiger partial charge in [-0.15, -0.1) is 0 Å². The molecule has 2 atom stereocenters. The monoisotopic (exact) mass is 276 g/mol. The third kappa shape index (κ3) is 2.42. The fraction of sp³-hybridized carbons (Fsp3) is 0.667. The lowest BCUT2D eigenvalue weighted by molar-refractivity contribution is 0.0920. The number of nitrogen functional groups attached to an aromatic ring is 1. The molecule has 110 valence electrons. The number of nitrogens with two attached hydrogens (primary N) is 1. The average Bonchev–Trinajstić information content (AvgIpc) is 3.07. The zero-order valence-corrected chi connectivity index (χ0v) is 12.1. The SMILES string of the molecule is CCCn1cc(N)cc1C(=O)NC1CCN2CCCC12. The first-order chi connectivity index (χ1) is 9.69. The molecule has 0 saturated carbocycles. The van der Waals surface area contributed by atoms with Gasteiger partial charge in [0.1, 0.15) is 5.69 Å². The van der Waals surface area contributed by atoms with E-state index in [0.29, 0.717) is 23.5 Å². The summed E-state index contributed by atoms with van der Waals surface area (Å²) in [5, 5.41) is 3.22. The highest BCUT2D eigenvalue weighted by molar-refractivity contribution is 5.94. The van der Waals surface area contributed by atoms with Crippen LogP contribution in [0.1, 0.15) is 43.1 Å². The molecule has 0 radical (unpaired) electrons. The summed E-state index contributed by atoms with van der Waals surface area (Å²) in [5.41, 5.74) is 7.19. The predicted octanol–water partition coefficient (Wildman–Crippen LogP) is 1.45. The van der Waals surface area contributed by atoms with Gasteiger partial charge in [0.25, 0.3) is 5.91 Å². The number of amides is 1. The van der Waals surface area contributed by atoms with Gasteiger partial charge in [0.2, 0.25) is 0 Å². The van der Waals surface area contributed by atoms with Gasteiger partial charge in [0.05, 0.1) is 5.69 Å². The molecular weight excluding hydrogens is 252 g/mol. The molecule has 3 N–H and O–H groups in total. The minimum Gasteiger partial charge on any atom is -0.397 e. The minimum atomic E-state index is 0.0221. The molecule has 3 heterocycles. The fourth-order valence-corrected chi connectivity index (χ4v) is 3.64. The largest absolute Gasteiger partial charge is 0.397 e. The van der Waals surface area contributed by atoms with Gasteiger partial charge in [0, 0.05) is 31.4 Å². The van der Waals surface area contributed by atoms with Crippen LogP contribution < -0.4 is 11.1 Å². The highest BCUT2D eigenvalue weighted by atomic mass is 16.2. The summed E-state index contributed by atoms with van der Waals surface area (Å²) >= 11 is 0. The van der Waals surface area contributed by atoms with Crippen LogP contribution in [0.5, 0.6) is 0 Å². The van der Waals surface area contributed by atoms with Crippen LogP contribution >= 0.6 is 0 Å². The van der Waals surface area contributed by atoms with Gasteiger partial charge in [-0.25, -0.2) is 0 Å². The van der Waals surface area contributed by atoms with Crippen LogP contribution in [0.25, 0.3) is 0 Å². The van der Waals surface area contributed by atoms with E-state index in [2.05, 4.69) is 17.1 Å². The van der Waals surface area contributed by atoms with Crippen molar-refractivity contribution in [1.82, 2.24) is 14.8 Å². The number of aromatic nitrogens is 1. The number of hydrogen-bond acceptors (Lipinski definition) is 3. The molecule has 2 saturated heterocycles. The molecule has 1 aromatic heterocycles. The van der Waals surface area contributed by atoms with Crippen molar-refractivity contribution >= 4 is 11.6 Å². The fourth-order valence-electron chi connectivity index (χ4n) is 3.64. The van der Waals surface area contributed by atoms with Gasteiger partial charge in [-0.2, -0.15) is 0 Å². The van der Waals surface area contributed by atoms with E-state index in [9.17, 15) is 4.79 Å². The maximum atomic E-state index is 12.5. The highest BCUT2D eigenvalue weighted by Gasteiger charge is 2.38. The van der Waals surface area contributed by atoms with E-state index in [4.69, 9.17) is 5.73 Å². The summed E-state index contributed by atoms with van der Waals surface area (Å²) in [5.74, 6) is 0.0221. The van der Waals surface area contributed by atoms with Crippen molar-refractivity contribution in [3.05, 3.63) is 18.0 Å². The molecule has 1 amide bonds. The normalized spacial score (nSPS) is 25.9. The number of fused-ring (bicyclic) bond motifs is 1. The Morgan fingerprint density at radius 2 is 2.30 bits per heavy atom. The maximum absolute atomic E-state index is 12.5. The Balaban J connectivity index is 1.70. The maximum Gasteiger partial charge on any atom is 0.268 e. The van der Waals surface area contributed by atoms with Crippen molar-refractivity contribution in [3.8, 4) is 0 Å². The first kappa shape index (κ1) is 13.5. The Labute approximate surface area is 120 Å². The zero-order chi connectivity index (χ0) is 14.1. The number of anilines is 1. The van der Waals surface area contributed by atoms with Crippen molar-refractivity contribution < 1.29 is 4.79 Å².